The highest BCUT2D eigenvalue weighted by atomic mass is 16.5. The zero-order valence-corrected chi connectivity index (χ0v) is 17.4. The summed E-state index contributed by atoms with van der Waals surface area (Å²) in [4.78, 5) is 17.5. The molecule has 0 saturated carbocycles. The molecule has 0 radical (unpaired) electrons. The third-order valence-corrected chi connectivity index (χ3v) is 5.29. The summed E-state index contributed by atoms with van der Waals surface area (Å²) in [5.74, 6) is -0.0455. The molecule has 0 atom stereocenters. The van der Waals surface area contributed by atoms with Gasteiger partial charge in [0.25, 0.3) is 5.91 Å². The minimum absolute atomic E-state index is 0.0455. The highest BCUT2D eigenvalue weighted by Gasteiger charge is 2.17. The van der Waals surface area contributed by atoms with Gasteiger partial charge in [-0.05, 0) is 42.3 Å². The molecule has 1 aliphatic rings. The molecule has 29 heavy (non-hydrogen) atoms. The van der Waals surface area contributed by atoms with E-state index in [1.165, 1.54) is 5.69 Å². The second-order valence-electron chi connectivity index (χ2n) is 7.26. The number of nitrogens with zero attached hydrogens (tertiary/aromatic N) is 2. The monoisotopic (exact) mass is 393 g/mol. The maximum atomic E-state index is 12.7. The van der Waals surface area contributed by atoms with E-state index in [1.807, 2.05) is 55.5 Å². The van der Waals surface area contributed by atoms with Gasteiger partial charge in [-0.3, -0.25) is 9.69 Å². The summed E-state index contributed by atoms with van der Waals surface area (Å²) in [7, 11) is 1.75. The Kier molecular flexibility index (Phi) is 7.85. The maximum absolute atomic E-state index is 12.7. The molecule has 0 aliphatic carbocycles. The van der Waals surface area contributed by atoms with Gasteiger partial charge in [0.2, 0.25) is 0 Å². The van der Waals surface area contributed by atoms with Gasteiger partial charge in [-0.2, -0.15) is 0 Å². The summed E-state index contributed by atoms with van der Waals surface area (Å²) >= 11 is 0. The fourth-order valence-electron chi connectivity index (χ4n) is 3.50. The molecule has 1 fully saturated rings. The number of rotatable bonds is 8. The molecule has 1 saturated heterocycles. The molecule has 0 bridgehead atoms. The molecule has 0 aromatic heterocycles. The van der Waals surface area contributed by atoms with Crippen LogP contribution < -0.4 is 10.2 Å². The third kappa shape index (κ3) is 6.17. The van der Waals surface area contributed by atoms with E-state index >= 15 is 0 Å². The standard InChI is InChI=1S/C24H31N3O2/c1-3-21(19-20-7-5-4-6-8-20)24(28)25-22-9-11-23(12-10-22)27-15-13-26(14-16-27)17-18-29-2/h4-12,19H,3,13-18H2,1-2H3,(H,25,28)/b21-19+. The van der Waals surface area contributed by atoms with Gasteiger partial charge in [-0.15, -0.1) is 0 Å². The molecular weight excluding hydrogens is 362 g/mol. The lowest BCUT2D eigenvalue weighted by atomic mass is 10.1. The van der Waals surface area contributed by atoms with E-state index < -0.39 is 0 Å². The Bertz CT molecular complexity index is 795. The number of anilines is 2. The van der Waals surface area contributed by atoms with Crippen molar-refractivity contribution in [1.82, 2.24) is 4.90 Å². The van der Waals surface area contributed by atoms with E-state index in [2.05, 4.69) is 27.2 Å². The van der Waals surface area contributed by atoms with Crippen LogP contribution in [-0.4, -0.2) is 57.2 Å². The normalized spacial score (nSPS) is 15.4. The minimum Gasteiger partial charge on any atom is -0.383 e. The number of hydrogen-bond acceptors (Lipinski definition) is 4. The number of benzene rings is 2. The number of hydrogen-bond donors (Lipinski definition) is 1. The van der Waals surface area contributed by atoms with Crippen molar-refractivity contribution in [2.45, 2.75) is 13.3 Å². The van der Waals surface area contributed by atoms with E-state index in [0.29, 0.717) is 6.42 Å². The van der Waals surface area contributed by atoms with E-state index in [-0.39, 0.29) is 5.91 Å². The molecule has 0 unspecified atom stereocenters. The van der Waals surface area contributed by atoms with Gasteiger partial charge in [0, 0.05) is 56.8 Å². The first-order chi connectivity index (χ1) is 14.2. The first-order valence-corrected chi connectivity index (χ1v) is 10.3. The minimum atomic E-state index is -0.0455. The Balaban J connectivity index is 1.56. The van der Waals surface area contributed by atoms with E-state index in [1.54, 1.807) is 7.11 Å². The van der Waals surface area contributed by atoms with Crippen molar-refractivity contribution < 1.29 is 9.53 Å². The van der Waals surface area contributed by atoms with Gasteiger partial charge in [0.15, 0.2) is 0 Å². The molecule has 3 rings (SSSR count). The average molecular weight is 394 g/mol. The summed E-state index contributed by atoms with van der Waals surface area (Å²) in [5.41, 5.74) is 3.83. The molecular formula is C24H31N3O2. The van der Waals surface area contributed by atoms with Crippen LogP contribution in [0.3, 0.4) is 0 Å². The number of methoxy groups -OCH3 is 1. The Labute approximate surface area is 174 Å². The summed E-state index contributed by atoms with van der Waals surface area (Å²) < 4.78 is 5.17. The average Bonchev–Trinajstić information content (AvgIpc) is 2.77. The van der Waals surface area contributed by atoms with Crippen LogP contribution in [0.2, 0.25) is 0 Å². The number of amides is 1. The SMILES string of the molecule is CC/C(=C\c1ccccc1)C(=O)Nc1ccc(N2CCN(CCOC)CC2)cc1. The van der Waals surface area contributed by atoms with Gasteiger partial charge < -0.3 is 15.0 Å². The number of carbonyl (C=O) groups excluding carboxylic acids is 1. The van der Waals surface area contributed by atoms with Crippen molar-refractivity contribution in [2.75, 3.05) is 56.7 Å². The van der Waals surface area contributed by atoms with Crippen LogP contribution in [0, 0.1) is 0 Å². The van der Waals surface area contributed by atoms with Crippen molar-refractivity contribution in [2.24, 2.45) is 0 Å². The predicted octanol–water partition coefficient (Wildman–Crippen LogP) is 3.89. The highest BCUT2D eigenvalue weighted by Crippen LogP contribution is 2.20. The van der Waals surface area contributed by atoms with Crippen molar-refractivity contribution in [3.63, 3.8) is 0 Å². The van der Waals surface area contributed by atoms with Crippen LogP contribution in [0.15, 0.2) is 60.2 Å². The van der Waals surface area contributed by atoms with Gasteiger partial charge in [0.1, 0.15) is 0 Å². The maximum Gasteiger partial charge on any atom is 0.251 e. The summed E-state index contributed by atoms with van der Waals surface area (Å²) in [6, 6.07) is 18.1. The zero-order valence-electron chi connectivity index (χ0n) is 17.4. The number of nitrogens with one attached hydrogen (secondary N) is 1. The van der Waals surface area contributed by atoms with Crippen molar-refractivity contribution in [3.8, 4) is 0 Å². The first-order valence-electron chi connectivity index (χ1n) is 10.3. The number of piperazine rings is 1. The quantitative estimate of drug-likeness (QED) is 0.691. The molecule has 1 amide bonds. The number of ether oxygens (including phenoxy) is 1. The Hall–Kier alpha value is -2.63. The summed E-state index contributed by atoms with van der Waals surface area (Å²) in [6.07, 6.45) is 2.64. The Morgan fingerprint density at radius 1 is 1.03 bits per heavy atom. The van der Waals surface area contributed by atoms with Gasteiger partial charge in [-0.1, -0.05) is 37.3 Å². The molecule has 2 aromatic rings. The predicted molar refractivity (Wildman–Crippen MR) is 120 cm³/mol. The molecule has 1 N–H and O–H groups in total. The van der Waals surface area contributed by atoms with Crippen molar-refractivity contribution in [1.29, 1.82) is 0 Å². The molecule has 0 spiro atoms. The zero-order chi connectivity index (χ0) is 20.5. The Morgan fingerprint density at radius 2 is 1.72 bits per heavy atom. The van der Waals surface area contributed by atoms with Crippen LogP contribution in [0.4, 0.5) is 11.4 Å². The van der Waals surface area contributed by atoms with Gasteiger partial charge >= 0.3 is 0 Å². The lowest BCUT2D eigenvalue weighted by Gasteiger charge is -2.36. The summed E-state index contributed by atoms with van der Waals surface area (Å²) in [5, 5.41) is 3.03. The van der Waals surface area contributed by atoms with E-state index in [0.717, 1.165) is 56.2 Å². The first kappa shape index (κ1) is 21.1. The van der Waals surface area contributed by atoms with E-state index in [4.69, 9.17) is 4.74 Å². The van der Waals surface area contributed by atoms with Gasteiger partial charge in [-0.25, -0.2) is 0 Å². The van der Waals surface area contributed by atoms with Crippen LogP contribution in [-0.2, 0) is 9.53 Å². The smallest absolute Gasteiger partial charge is 0.251 e. The second-order valence-corrected chi connectivity index (χ2v) is 7.26. The molecule has 1 aliphatic heterocycles. The number of carbonyl (C=O) groups is 1. The lowest BCUT2D eigenvalue weighted by molar-refractivity contribution is -0.112. The van der Waals surface area contributed by atoms with E-state index in [9.17, 15) is 4.79 Å². The molecule has 1 heterocycles. The lowest BCUT2D eigenvalue weighted by Crippen LogP contribution is -2.47. The van der Waals surface area contributed by atoms with Crippen molar-refractivity contribution in [3.05, 3.63) is 65.7 Å². The molecule has 5 nitrogen and oxygen atoms in total. The third-order valence-electron chi connectivity index (χ3n) is 5.29. The van der Waals surface area contributed by atoms with Crippen molar-refractivity contribution >= 4 is 23.4 Å². The fourth-order valence-corrected chi connectivity index (χ4v) is 3.50. The van der Waals surface area contributed by atoms with Crippen LogP contribution in [0.25, 0.3) is 6.08 Å². The molecule has 2 aromatic carbocycles. The largest absolute Gasteiger partial charge is 0.383 e. The molecule has 5 heteroatoms. The Morgan fingerprint density at radius 3 is 2.34 bits per heavy atom. The summed E-state index contributed by atoms with van der Waals surface area (Å²) in [6.45, 7) is 7.89. The van der Waals surface area contributed by atoms with Crippen LogP contribution in [0.5, 0.6) is 0 Å². The fraction of sp³-hybridized carbons (Fsp3) is 0.375. The molecule has 154 valence electrons. The second kappa shape index (κ2) is 10.8. The van der Waals surface area contributed by atoms with Gasteiger partial charge in [0.05, 0.1) is 6.61 Å². The van der Waals surface area contributed by atoms with Crippen LogP contribution in [0.1, 0.15) is 18.9 Å². The highest BCUT2D eigenvalue weighted by molar-refractivity contribution is 6.06. The topological polar surface area (TPSA) is 44.8 Å². The van der Waals surface area contributed by atoms with Crippen LogP contribution >= 0.6 is 0 Å².